The van der Waals surface area contributed by atoms with Gasteiger partial charge in [0.25, 0.3) is 0 Å². The van der Waals surface area contributed by atoms with Gasteiger partial charge in [0.15, 0.2) is 0 Å². The predicted octanol–water partition coefficient (Wildman–Crippen LogP) is 2.44. The molecule has 0 saturated heterocycles. The van der Waals surface area contributed by atoms with E-state index in [1.165, 1.54) is 12.5 Å². The van der Waals surface area contributed by atoms with Gasteiger partial charge in [0.2, 0.25) is 0 Å². The number of rotatable bonds is 4. The van der Waals surface area contributed by atoms with Crippen LogP contribution in [0.25, 0.3) is 0 Å². The molecule has 1 unspecified atom stereocenters. The van der Waals surface area contributed by atoms with Crippen molar-refractivity contribution >= 4 is 5.97 Å². The van der Waals surface area contributed by atoms with E-state index in [-0.39, 0.29) is 11.8 Å². The van der Waals surface area contributed by atoms with Gasteiger partial charge in [-0.15, -0.1) is 0 Å². The number of hydrogen-bond acceptors (Lipinski definition) is 3. The molecule has 18 heavy (non-hydrogen) atoms. The molecule has 1 aliphatic rings. The molecule has 0 bridgehead atoms. The van der Waals surface area contributed by atoms with Crippen LogP contribution in [0.1, 0.15) is 43.7 Å². The van der Waals surface area contributed by atoms with Crippen molar-refractivity contribution in [3.8, 4) is 5.75 Å². The quantitative estimate of drug-likeness (QED) is 0.766. The topological polar surface area (TPSA) is 69.6 Å². The molecule has 1 atom stereocenters. The molecular formula is C14H19NO3. The zero-order valence-corrected chi connectivity index (χ0v) is 10.3. The van der Waals surface area contributed by atoms with E-state index in [1.54, 1.807) is 18.2 Å². The summed E-state index contributed by atoms with van der Waals surface area (Å²) in [5.74, 6) is -0.907. The zero-order chi connectivity index (χ0) is 13.0. The molecule has 1 fully saturated rings. The van der Waals surface area contributed by atoms with Crippen LogP contribution in [-0.2, 0) is 4.79 Å². The first-order valence-corrected chi connectivity index (χ1v) is 6.45. The van der Waals surface area contributed by atoms with E-state index in [0.717, 1.165) is 25.7 Å². The minimum atomic E-state index is -0.943. The van der Waals surface area contributed by atoms with Gasteiger partial charge in [0.05, 0.1) is 0 Å². The van der Waals surface area contributed by atoms with Crippen LogP contribution in [0, 0.1) is 0 Å². The number of para-hydroxylation sites is 1. The molecule has 0 heterocycles. The van der Waals surface area contributed by atoms with Gasteiger partial charge in [0.1, 0.15) is 11.8 Å². The van der Waals surface area contributed by atoms with Crippen molar-refractivity contribution in [2.75, 3.05) is 0 Å². The van der Waals surface area contributed by atoms with Gasteiger partial charge >= 0.3 is 5.97 Å². The van der Waals surface area contributed by atoms with Crippen LogP contribution < -0.4 is 5.32 Å². The second-order valence-corrected chi connectivity index (χ2v) is 4.83. The fourth-order valence-corrected chi connectivity index (χ4v) is 2.53. The van der Waals surface area contributed by atoms with Crippen LogP contribution in [0.5, 0.6) is 5.75 Å². The Kier molecular flexibility index (Phi) is 4.20. The van der Waals surface area contributed by atoms with E-state index >= 15 is 0 Å². The van der Waals surface area contributed by atoms with Gasteiger partial charge in [-0.1, -0.05) is 37.5 Å². The maximum atomic E-state index is 11.4. The first-order valence-electron chi connectivity index (χ1n) is 6.45. The van der Waals surface area contributed by atoms with E-state index in [4.69, 9.17) is 0 Å². The standard InChI is InChI=1S/C14H19NO3/c16-12-9-5-4-8-11(12)13(14(17)18)15-10-6-2-1-3-7-10/h4-5,8-10,13,15-16H,1-3,6-7H2,(H,17,18). The van der Waals surface area contributed by atoms with Crippen LogP contribution in [-0.4, -0.2) is 22.2 Å². The van der Waals surface area contributed by atoms with Crippen molar-refractivity contribution < 1.29 is 15.0 Å². The highest BCUT2D eigenvalue weighted by Gasteiger charge is 2.26. The second kappa shape index (κ2) is 5.87. The monoisotopic (exact) mass is 249 g/mol. The molecule has 4 heteroatoms. The summed E-state index contributed by atoms with van der Waals surface area (Å²) >= 11 is 0. The van der Waals surface area contributed by atoms with E-state index in [1.807, 2.05) is 0 Å². The maximum absolute atomic E-state index is 11.4. The van der Waals surface area contributed by atoms with E-state index < -0.39 is 12.0 Å². The van der Waals surface area contributed by atoms with Crippen molar-refractivity contribution in [1.82, 2.24) is 5.32 Å². The summed E-state index contributed by atoms with van der Waals surface area (Å²) in [4.78, 5) is 11.4. The molecule has 0 amide bonds. The Bertz CT molecular complexity index is 413. The normalized spacial score (nSPS) is 18.4. The van der Waals surface area contributed by atoms with Crippen molar-refractivity contribution in [1.29, 1.82) is 0 Å². The van der Waals surface area contributed by atoms with Crippen LogP contribution in [0.4, 0.5) is 0 Å². The van der Waals surface area contributed by atoms with E-state index in [2.05, 4.69) is 5.32 Å². The Morgan fingerprint density at radius 1 is 1.22 bits per heavy atom. The minimum absolute atomic E-state index is 0.0354. The molecule has 2 rings (SSSR count). The Morgan fingerprint density at radius 2 is 1.89 bits per heavy atom. The lowest BCUT2D eigenvalue weighted by Gasteiger charge is -2.27. The van der Waals surface area contributed by atoms with Crippen LogP contribution in [0.3, 0.4) is 0 Å². The smallest absolute Gasteiger partial charge is 0.325 e. The largest absolute Gasteiger partial charge is 0.508 e. The lowest BCUT2D eigenvalue weighted by Crippen LogP contribution is -2.38. The minimum Gasteiger partial charge on any atom is -0.508 e. The maximum Gasteiger partial charge on any atom is 0.325 e. The average Bonchev–Trinajstić information content (AvgIpc) is 2.38. The second-order valence-electron chi connectivity index (χ2n) is 4.83. The molecule has 0 spiro atoms. The summed E-state index contributed by atoms with van der Waals surface area (Å²) in [6, 6.07) is 6.03. The summed E-state index contributed by atoms with van der Waals surface area (Å²) in [7, 11) is 0. The fourth-order valence-electron chi connectivity index (χ4n) is 2.53. The highest BCUT2D eigenvalue weighted by molar-refractivity contribution is 5.76. The lowest BCUT2D eigenvalue weighted by molar-refractivity contribution is -0.140. The highest BCUT2D eigenvalue weighted by Crippen LogP contribution is 2.26. The van der Waals surface area contributed by atoms with E-state index in [9.17, 15) is 15.0 Å². The summed E-state index contributed by atoms with van der Waals surface area (Å²) in [6.45, 7) is 0. The third kappa shape index (κ3) is 3.01. The number of hydrogen-bond donors (Lipinski definition) is 3. The first kappa shape index (κ1) is 12.9. The molecule has 1 aliphatic carbocycles. The van der Waals surface area contributed by atoms with Gasteiger partial charge in [-0.2, -0.15) is 0 Å². The third-order valence-electron chi connectivity index (χ3n) is 3.50. The fraction of sp³-hybridized carbons (Fsp3) is 0.500. The zero-order valence-electron chi connectivity index (χ0n) is 10.3. The average molecular weight is 249 g/mol. The summed E-state index contributed by atoms with van der Waals surface area (Å²) in [6.07, 6.45) is 5.54. The SMILES string of the molecule is O=C(O)C(NC1CCCCC1)c1ccccc1O. The number of aromatic hydroxyl groups is 1. The van der Waals surface area contributed by atoms with Crippen molar-refractivity contribution in [2.45, 2.75) is 44.2 Å². The van der Waals surface area contributed by atoms with E-state index in [0.29, 0.717) is 5.56 Å². The molecule has 98 valence electrons. The lowest BCUT2D eigenvalue weighted by atomic mass is 9.94. The third-order valence-corrected chi connectivity index (χ3v) is 3.50. The van der Waals surface area contributed by atoms with Crippen LogP contribution in [0.15, 0.2) is 24.3 Å². The molecule has 1 aromatic rings. The molecule has 0 aliphatic heterocycles. The number of phenolic OH excluding ortho intramolecular Hbond substituents is 1. The predicted molar refractivity (Wildman–Crippen MR) is 68.5 cm³/mol. The number of aliphatic carboxylic acids is 1. The number of nitrogens with one attached hydrogen (secondary N) is 1. The number of benzene rings is 1. The Hall–Kier alpha value is -1.55. The molecular weight excluding hydrogens is 230 g/mol. The Labute approximate surface area is 107 Å². The van der Waals surface area contributed by atoms with Crippen molar-refractivity contribution in [2.24, 2.45) is 0 Å². The molecule has 1 saturated carbocycles. The molecule has 1 aromatic carbocycles. The molecule has 0 aromatic heterocycles. The Balaban J connectivity index is 2.13. The summed E-state index contributed by atoms with van der Waals surface area (Å²) in [5.41, 5.74) is 0.440. The molecule has 4 nitrogen and oxygen atoms in total. The number of carboxylic acid groups (broad SMARTS) is 1. The van der Waals surface area contributed by atoms with Gasteiger partial charge in [-0.05, 0) is 18.9 Å². The molecule has 0 radical (unpaired) electrons. The van der Waals surface area contributed by atoms with Gasteiger partial charge in [-0.25, -0.2) is 0 Å². The van der Waals surface area contributed by atoms with Gasteiger partial charge < -0.3 is 10.2 Å². The highest BCUT2D eigenvalue weighted by atomic mass is 16.4. The first-order chi connectivity index (χ1) is 8.68. The van der Waals surface area contributed by atoms with Crippen LogP contribution >= 0.6 is 0 Å². The van der Waals surface area contributed by atoms with Gasteiger partial charge in [0, 0.05) is 11.6 Å². The van der Waals surface area contributed by atoms with Crippen molar-refractivity contribution in [3.05, 3.63) is 29.8 Å². The summed E-state index contributed by atoms with van der Waals surface area (Å²) in [5, 5.41) is 22.2. The number of carboxylic acids is 1. The summed E-state index contributed by atoms with van der Waals surface area (Å²) < 4.78 is 0. The number of carbonyl (C=O) groups is 1. The van der Waals surface area contributed by atoms with Crippen molar-refractivity contribution in [3.63, 3.8) is 0 Å². The molecule has 3 N–H and O–H groups in total. The van der Waals surface area contributed by atoms with Crippen LogP contribution in [0.2, 0.25) is 0 Å². The Morgan fingerprint density at radius 3 is 2.50 bits per heavy atom. The van der Waals surface area contributed by atoms with Gasteiger partial charge in [-0.3, -0.25) is 10.1 Å². The number of phenols is 1.